The van der Waals surface area contributed by atoms with Crippen molar-refractivity contribution >= 4 is 5.91 Å². The van der Waals surface area contributed by atoms with Gasteiger partial charge in [0.2, 0.25) is 5.91 Å². The minimum atomic E-state index is 0.234. The van der Waals surface area contributed by atoms with E-state index in [-0.39, 0.29) is 11.3 Å². The van der Waals surface area contributed by atoms with Crippen LogP contribution in [0.4, 0.5) is 0 Å². The van der Waals surface area contributed by atoms with Crippen molar-refractivity contribution in [3.63, 3.8) is 0 Å². The fourth-order valence-corrected chi connectivity index (χ4v) is 3.56. The van der Waals surface area contributed by atoms with Crippen LogP contribution >= 0.6 is 0 Å². The third-order valence-corrected chi connectivity index (χ3v) is 4.40. The van der Waals surface area contributed by atoms with Gasteiger partial charge in [-0.05, 0) is 25.8 Å². The Labute approximate surface area is 104 Å². The molecule has 2 aliphatic rings. The summed E-state index contributed by atoms with van der Waals surface area (Å²) in [5, 5.41) is 2.95. The standard InChI is InChI=1S/C13H24N2O2/c1-14-7-12(16)15-8-11-5-3-4-6-13(11,9-15)10-17-2/h11,14H,3-10H2,1-2H3/t11-,13+/m0/s1. The molecule has 2 rings (SSSR count). The summed E-state index contributed by atoms with van der Waals surface area (Å²) in [6.45, 7) is 3.09. The van der Waals surface area contributed by atoms with Gasteiger partial charge in [-0.1, -0.05) is 12.8 Å². The molecule has 0 unspecified atom stereocenters. The molecule has 2 fully saturated rings. The summed E-state index contributed by atoms with van der Waals surface area (Å²) in [7, 11) is 3.60. The summed E-state index contributed by atoms with van der Waals surface area (Å²) in [6.07, 6.45) is 5.07. The number of methoxy groups -OCH3 is 1. The second kappa shape index (κ2) is 5.36. The molecule has 0 aromatic carbocycles. The highest BCUT2D eigenvalue weighted by molar-refractivity contribution is 5.78. The van der Waals surface area contributed by atoms with E-state index >= 15 is 0 Å². The van der Waals surface area contributed by atoms with E-state index < -0.39 is 0 Å². The zero-order valence-corrected chi connectivity index (χ0v) is 11.0. The number of nitrogens with one attached hydrogen (secondary N) is 1. The van der Waals surface area contributed by atoms with Gasteiger partial charge < -0.3 is 15.0 Å². The van der Waals surface area contributed by atoms with Crippen LogP contribution in [0.15, 0.2) is 0 Å². The van der Waals surface area contributed by atoms with Crippen molar-refractivity contribution < 1.29 is 9.53 Å². The molecule has 0 aromatic heterocycles. The smallest absolute Gasteiger partial charge is 0.236 e. The van der Waals surface area contributed by atoms with Crippen LogP contribution < -0.4 is 5.32 Å². The lowest BCUT2D eigenvalue weighted by atomic mass is 9.69. The third-order valence-electron chi connectivity index (χ3n) is 4.40. The molecule has 1 saturated carbocycles. The largest absolute Gasteiger partial charge is 0.384 e. The second-order valence-corrected chi connectivity index (χ2v) is 5.54. The highest BCUT2D eigenvalue weighted by atomic mass is 16.5. The first-order chi connectivity index (χ1) is 8.22. The van der Waals surface area contributed by atoms with Gasteiger partial charge in [0.05, 0.1) is 13.2 Å². The number of likely N-dealkylation sites (tertiary alicyclic amines) is 1. The van der Waals surface area contributed by atoms with Gasteiger partial charge in [-0.15, -0.1) is 0 Å². The van der Waals surface area contributed by atoms with Gasteiger partial charge in [-0.3, -0.25) is 4.79 Å². The van der Waals surface area contributed by atoms with E-state index in [0.717, 1.165) is 19.7 Å². The van der Waals surface area contributed by atoms with Gasteiger partial charge >= 0.3 is 0 Å². The Morgan fingerprint density at radius 2 is 2.35 bits per heavy atom. The van der Waals surface area contributed by atoms with Crippen LogP contribution in [0.2, 0.25) is 0 Å². The highest BCUT2D eigenvalue weighted by Crippen LogP contribution is 2.46. The molecule has 1 saturated heterocycles. The lowest BCUT2D eigenvalue weighted by Gasteiger charge is -2.37. The van der Waals surface area contributed by atoms with Gasteiger partial charge in [0.15, 0.2) is 0 Å². The molecule has 17 heavy (non-hydrogen) atoms. The Balaban J connectivity index is 2.05. The Kier molecular flexibility index (Phi) is 4.05. The third kappa shape index (κ3) is 2.47. The number of amides is 1. The van der Waals surface area contributed by atoms with Crippen molar-refractivity contribution in [2.45, 2.75) is 25.7 Å². The fourth-order valence-electron chi connectivity index (χ4n) is 3.56. The maximum absolute atomic E-state index is 12.0. The average Bonchev–Trinajstić information content (AvgIpc) is 2.69. The van der Waals surface area contributed by atoms with E-state index in [4.69, 9.17) is 4.74 Å². The zero-order valence-electron chi connectivity index (χ0n) is 11.0. The molecule has 1 N–H and O–H groups in total. The Morgan fingerprint density at radius 1 is 1.53 bits per heavy atom. The molecular formula is C13H24N2O2. The van der Waals surface area contributed by atoms with Crippen LogP contribution in [0.1, 0.15) is 25.7 Å². The van der Waals surface area contributed by atoms with E-state index in [0.29, 0.717) is 12.5 Å². The summed E-state index contributed by atoms with van der Waals surface area (Å²) in [6, 6.07) is 0. The van der Waals surface area contributed by atoms with Crippen molar-refractivity contribution in [1.82, 2.24) is 10.2 Å². The number of fused-ring (bicyclic) bond motifs is 1. The maximum atomic E-state index is 12.0. The Bertz CT molecular complexity index is 279. The van der Waals surface area contributed by atoms with Crippen LogP contribution in [-0.2, 0) is 9.53 Å². The number of hydrogen-bond donors (Lipinski definition) is 1. The number of carbonyl (C=O) groups is 1. The van der Waals surface area contributed by atoms with Crippen molar-refractivity contribution in [2.24, 2.45) is 11.3 Å². The molecule has 4 nitrogen and oxygen atoms in total. The van der Waals surface area contributed by atoms with E-state index in [2.05, 4.69) is 5.32 Å². The SMILES string of the molecule is CNCC(=O)N1C[C@@H]2CCCC[C@]2(COC)C1. The average molecular weight is 240 g/mol. The Hall–Kier alpha value is -0.610. The minimum Gasteiger partial charge on any atom is -0.384 e. The molecule has 1 aliphatic carbocycles. The first kappa shape index (κ1) is 12.8. The van der Waals surface area contributed by atoms with E-state index in [9.17, 15) is 4.79 Å². The topological polar surface area (TPSA) is 41.6 Å². The molecule has 0 bridgehead atoms. The van der Waals surface area contributed by atoms with Crippen LogP contribution in [-0.4, -0.2) is 51.2 Å². The number of rotatable bonds is 4. The van der Waals surface area contributed by atoms with E-state index in [1.807, 2.05) is 11.9 Å². The van der Waals surface area contributed by atoms with E-state index in [1.54, 1.807) is 7.11 Å². The van der Waals surface area contributed by atoms with Crippen molar-refractivity contribution in [2.75, 3.05) is 40.4 Å². The lowest BCUT2D eigenvalue weighted by Crippen LogP contribution is -2.39. The predicted molar refractivity (Wildman–Crippen MR) is 66.8 cm³/mol. The van der Waals surface area contributed by atoms with Crippen LogP contribution in [0, 0.1) is 11.3 Å². The number of hydrogen-bond acceptors (Lipinski definition) is 3. The van der Waals surface area contributed by atoms with Crippen LogP contribution in [0.3, 0.4) is 0 Å². The lowest BCUT2D eigenvalue weighted by molar-refractivity contribution is -0.129. The van der Waals surface area contributed by atoms with Gasteiger partial charge in [0.1, 0.15) is 0 Å². The molecule has 0 spiro atoms. The maximum Gasteiger partial charge on any atom is 0.236 e. The highest BCUT2D eigenvalue weighted by Gasteiger charge is 2.48. The quantitative estimate of drug-likeness (QED) is 0.793. The van der Waals surface area contributed by atoms with E-state index in [1.165, 1.54) is 25.7 Å². The Morgan fingerprint density at radius 3 is 3.06 bits per heavy atom. The van der Waals surface area contributed by atoms with Gasteiger partial charge in [0, 0.05) is 25.6 Å². The van der Waals surface area contributed by atoms with Crippen molar-refractivity contribution in [3.8, 4) is 0 Å². The molecular weight excluding hydrogens is 216 g/mol. The van der Waals surface area contributed by atoms with Crippen molar-refractivity contribution in [3.05, 3.63) is 0 Å². The zero-order chi connectivity index (χ0) is 12.3. The number of ether oxygens (including phenoxy) is 1. The monoisotopic (exact) mass is 240 g/mol. The number of likely N-dealkylation sites (N-methyl/N-ethyl adjacent to an activating group) is 1. The predicted octanol–water partition coefficient (Wildman–Crippen LogP) is 0.871. The summed E-state index contributed by atoms with van der Waals surface area (Å²) in [5.74, 6) is 0.884. The molecule has 1 aliphatic heterocycles. The summed E-state index contributed by atoms with van der Waals surface area (Å²) < 4.78 is 5.42. The summed E-state index contributed by atoms with van der Waals surface area (Å²) in [4.78, 5) is 14.0. The fraction of sp³-hybridized carbons (Fsp3) is 0.923. The van der Waals surface area contributed by atoms with Gasteiger partial charge in [-0.25, -0.2) is 0 Å². The van der Waals surface area contributed by atoms with Gasteiger partial charge in [-0.2, -0.15) is 0 Å². The normalized spacial score (nSPS) is 32.6. The molecule has 98 valence electrons. The summed E-state index contributed by atoms with van der Waals surface area (Å²) in [5.41, 5.74) is 0.246. The van der Waals surface area contributed by atoms with Crippen LogP contribution in [0.5, 0.6) is 0 Å². The molecule has 1 amide bonds. The number of carbonyl (C=O) groups excluding carboxylic acids is 1. The van der Waals surface area contributed by atoms with Crippen molar-refractivity contribution in [1.29, 1.82) is 0 Å². The molecule has 4 heteroatoms. The minimum absolute atomic E-state index is 0.234. The second-order valence-electron chi connectivity index (χ2n) is 5.54. The van der Waals surface area contributed by atoms with Crippen LogP contribution in [0.25, 0.3) is 0 Å². The molecule has 0 aromatic rings. The first-order valence-corrected chi connectivity index (χ1v) is 6.63. The molecule has 2 atom stereocenters. The number of nitrogens with zero attached hydrogens (tertiary/aromatic N) is 1. The first-order valence-electron chi connectivity index (χ1n) is 6.63. The summed E-state index contributed by atoms with van der Waals surface area (Å²) >= 11 is 0. The van der Waals surface area contributed by atoms with Gasteiger partial charge in [0.25, 0.3) is 0 Å². The molecule has 0 radical (unpaired) electrons. The molecule has 1 heterocycles.